The Kier molecular flexibility index (Phi) is 5.25. The predicted octanol–water partition coefficient (Wildman–Crippen LogP) is 1.76. The number of rotatable bonds is 4. The van der Waals surface area contributed by atoms with Crippen LogP contribution in [0.4, 0.5) is 8.78 Å². The zero-order chi connectivity index (χ0) is 15.4. The van der Waals surface area contributed by atoms with E-state index in [9.17, 15) is 18.7 Å². The summed E-state index contributed by atoms with van der Waals surface area (Å²) in [6.45, 7) is -0.0564. The molecule has 1 aliphatic rings. The molecule has 21 heavy (non-hydrogen) atoms. The maximum atomic E-state index is 13.5. The van der Waals surface area contributed by atoms with E-state index in [0.29, 0.717) is 19.3 Å². The normalized spacial score (nSPS) is 25.6. The van der Waals surface area contributed by atoms with Crippen molar-refractivity contribution in [1.82, 2.24) is 5.32 Å². The molecule has 6 heteroatoms. The van der Waals surface area contributed by atoms with Crippen molar-refractivity contribution in [3.8, 4) is 0 Å². The van der Waals surface area contributed by atoms with Gasteiger partial charge in [-0.25, -0.2) is 8.78 Å². The Labute approximate surface area is 122 Å². The minimum absolute atomic E-state index is 0.0564. The molecule has 2 rings (SSSR count). The van der Waals surface area contributed by atoms with Gasteiger partial charge in [0.1, 0.15) is 0 Å². The first-order valence-corrected chi connectivity index (χ1v) is 6.94. The maximum absolute atomic E-state index is 13.5. The van der Waals surface area contributed by atoms with Gasteiger partial charge in [0.15, 0.2) is 11.6 Å². The SMILES string of the molecule is CO[C@@H]1C[C@H](C(=O)NCc2cccc(F)c2F)CC[C@@H]1O. The lowest BCUT2D eigenvalue weighted by molar-refractivity contribution is -0.130. The molecule has 1 amide bonds. The van der Waals surface area contributed by atoms with Gasteiger partial charge in [-0.1, -0.05) is 12.1 Å². The van der Waals surface area contributed by atoms with Gasteiger partial charge in [0, 0.05) is 25.1 Å². The van der Waals surface area contributed by atoms with E-state index in [1.165, 1.54) is 19.2 Å². The highest BCUT2D eigenvalue weighted by Crippen LogP contribution is 2.26. The van der Waals surface area contributed by atoms with Gasteiger partial charge in [0.2, 0.25) is 5.91 Å². The van der Waals surface area contributed by atoms with Crippen LogP contribution in [0.2, 0.25) is 0 Å². The van der Waals surface area contributed by atoms with Crippen LogP contribution < -0.4 is 5.32 Å². The second-order valence-corrected chi connectivity index (χ2v) is 5.28. The van der Waals surface area contributed by atoms with Gasteiger partial charge in [-0.05, 0) is 25.3 Å². The second kappa shape index (κ2) is 6.95. The Morgan fingerprint density at radius 2 is 2.19 bits per heavy atom. The molecule has 0 unspecified atom stereocenters. The molecule has 0 radical (unpaired) electrons. The average Bonchev–Trinajstić information content (AvgIpc) is 2.49. The summed E-state index contributed by atoms with van der Waals surface area (Å²) in [5.41, 5.74) is 0.113. The summed E-state index contributed by atoms with van der Waals surface area (Å²) in [6, 6.07) is 3.87. The predicted molar refractivity (Wildman–Crippen MR) is 72.3 cm³/mol. The molecular formula is C15H19F2NO3. The van der Waals surface area contributed by atoms with Crippen molar-refractivity contribution in [3.63, 3.8) is 0 Å². The average molecular weight is 299 g/mol. The number of halogens is 2. The summed E-state index contributed by atoms with van der Waals surface area (Å²) in [5, 5.41) is 12.3. The van der Waals surface area contributed by atoms with E-state index in [1.807, 2.05) is 0 Å². The third kappa shape index (κ3) is 3.77. The van der Waals surface area contributed by atoms with Crippen molar-refractivity contribution in [2.45, 2.75) is 38.0 Å². The van der Waals surface area contributed by atoms with Crippen LogP contribution >= 0.6 is 0 Å². The molecule has 0 saturated heterocycles. The molecule has 0 bridgehead atoms. The molecule has 1 aromatic carbocycles. The number of nitrogens with one attached hydrogen (secondary N) is 1. The highest BCUT2D eigenvalue weighted by molar-refractivity contribution is 5.78. The third-order valence-corrected chi connectivity index (χ3v) is 3.92. The van der Waals surface area contributed by atoms with Gasteiger partial charge in [-0.3, -0.25) is 4.79 Å². The van der Waals surface area contributed by atoms with Gasteiger partial charge in [0.05, 0.1) is 12.2 Å². The van der Waals surface area contributed by atoms with E-state index < -0.39 is 17.7 Å². The van der Waals surface area contributed by atoms with Crippen LogP contribution in [0.15, 0.2) is 18.2 Å². The minimum Gasteiger partial charge on any atom is -0.390 e. The number of ether oxygens (including phenoxy) is 1. The van der Waals surface area contributed by atoms with Crippen molar-refractivity contribution in [3.05, 3.63) is 35.4 Å². The van der Waals surface area contributed by atoms with Crippen LogP contribution in [-0.2, 0) is 16.1 Å². The summed E-state index contributed by atoms with van der Waals surface area (Å²) < 4.78 is 31.7. The van der Waals surface area contributed by atoms with E-state index in [1.54, 1.807) is 0 Å². The zero-order valence-corrected chi connectivity index (χ0v) is 11.8. The smallest absolute Gasteiger partial charge is 0.223 e. The zero-order valence-electron chi connectivity index (χ0n) is 11.8. The molecule has 1 saturated carbocycles. The topological polar surface area (TPSA) is 58.6 Å². The number of aliphatic hydroxyl groups excluding tert-OH is 1. The standard InChI is InChI=1S/C15H19F2NO3/c1-21-13-7-9(5-6-12(13)19)15(20)18-8-10-3-2-4-11(16)14(10)17/h2-4,9,12-13,19H,5-8H2,1H3,(H,18,20)/t9-,12+,13-/m1/s1. The van der Waals surface area contributed by atoms with Crippen LogP contribution in [0, 0.1) is 17.6 Å². The number of amides is 1. The summed E-state index contributed by atoms with van der Waals surface area (Å²) in [6.07, 6.45) is 0.554. The lowest BCUT2D eigenvalue weighted by atomic mass is 9.84. The molecule has 3 atom stereocenters. The van der Waals surface area contributed by atoms with Crippen molar-refractivity contribution in [2.24, 2.45) is 5.92 Å². The number of aliphatic hydroxyl groups is 1. The van der Waals surface area contributed by atoms with E-state index in [2.05, 4.69) is 5.32 Å². The van der Waals surface area contributed by atoms with Gasteiger partial charge < -0.3 is 15.2 Å². The fraction of sp³-hybridized carbons (Fsp3) is 0.533. The monoisotopic (exact) mass is 299 g/mol. The summed E-state index contributed by atoms with van der Waals surface area (Å²) in [5.74, 6) is -2.38. The first-order valence-electron chi connectivity index (χ1n) is 6.94. The van der Waals surface area contributed by atoms with Gasteiger partial charge in [0.25, 0.3) is 0 Å². The highest BCUT2D eigenvalue weighted by atomic mass is 19.2. The van der Waals surface area contributed by atoms with Crippen molar-refractivity contribution in [2.75, 3.05) is 7.11 Å². The Balaban J connectivity index is 1.91. The third-order valence-electron chi connectivity index (χ3n) is 3.92. The highest BCUT2D eigenvalue weighted by Gasteiger charge is 2.32. The Morgan fingerprint density at radius 1 is 1.43 bits per heavy atom. The molecule has 0 spiro atoms. The van der Waals surface area contributed by atoms with Crippen molar-refractivity contribution < 1.29 is 23.4 Å². The van der Waals surface area contributed by atoms with Crippen molar-refractivity contribution >= 4 is 5.91 Å². The number of carbonyl (C=O) groups is 1. The molecule has 1 aliphatic carbocycles. The maximum Gasteiger partial charge on any atom is 0.223 e. The largest absolute Gasteiger partial charge is 0.390 e. The number of hydrogen-bond acceptors (Lipinski definition) is 3. The molecule has 1 fully saturated rings. The molecular weight excluding hydrogens is 280 g/mol. The van der Waals surface area contributed by atoms with Crippen molar-refractivity contribution in [1.29, 1.82) is 0 Å². The molecule has 116 valence electrons. The molecule has 2 N–H and O–H groups in total. The molecule has 4 nitrogen and oxygen atoms in total. The number of carbonyl (C=O) groups excluding carboxylic acids is 1. The first kappa shape index (κ1) is 15.9. The lowest BCUT2D eigenvalue weighted by Gasteiger charge is -2.31. The lowest BCUT2D eigenvalue weighted by Crippen LogP contribution is -2.41. The van der Waals surface area contributed by atoms with E-state index in [-0.39, 0.29) is 30.0 Å². The number of hydrogen-bond donors (Lipinski definition) is 2. The Hall–Kier alpha value is -1.53. The molecule has 0 heterocycles. The van der Waals surface area contributed by atoms with Gasteiger partial charge in [-0.15, -0.1) is 0 Å². The van der Waals surface area contributed by atoms with Gasteiger partial charge in [-0.2, -0.15) is 0 Å². The van der Waals surface area contributed by atoms with Crippen LogP contribution in [0.1, 0.15) is 24.8 Å². The molecule has 1 aromatic rings. The van der Waals surface area contributed by atoms with Crippen LogP contribution in [0.3, 0.4) is 0 Å². The van der Waals surface area contributed by atoms with Crippen LogP contribution in [0.5, 0.6) is 0 Å². The summed E-state index contributed by atoms with van der Waals surface area (Å²) in [7, 11) is 1.50. The molecule has 0 aromatic heterocycles. The number of benzene rings is 1. The fourth-order valence-corrected chi connectivity index (χ4v) is 2.62. The van der Waals surface area contributed by atoms with Gasteiger partial charge >= 0.3 is 0 Å². The Morgan fingerprint density at radius 3 is 2.90 bits per heavy atom. The quantitative estimate of drug-likeness (QED) is 0.890. The summed E-state index contributed by atoms with van der Waals surface area (Å²) >= 11 is 0. The van der Waals surface area contributed by atoms with E-state index in [4.69, 9.17) is 4.74 Å². The second-order valence-electron chi connectivity index (χ2n) is 5.28. The van der Waals surface area contributed by atoms with Crippen LogP contribution in [0.25, 0.3) is 0 Å². The fourth-order valence-electron chi connectivity index (χ4n) is 2.62. The first-order chi connectivity index (χ1) is 10.0. The number of methoxy groups -OCH3 is 1. The Bertz CT molecular complexity index is 510. The van der Waals surface area contributed by atoms with E-state index in [0.717, 1.165) is 6.07 Å². The van der Waals surface area contributed by atoms with E-state index >= 15 is 0 Å². The molecule has 0 aliphatic heterocycles. The minimum atomic E-state index is -0.938. The van der Waals surface area contributed by atoms with Crippen LogP contribution in [-0.4, -0.2) is 30.3 Å². The summed E-state index contributed by atoms with van der Waals surface area (Å²) in [4.78, 5) is 12.1.